The molecule has 210 valence electrons. The molecule has 1 atom stereocenters. The van der Waals surface area contributed by atoms with Crippen molar-refractivity contribution in [1.82, 2.24) is 9.80 Å². The normalized spacial score (nSPS) is 20.9. The first-order valence-electron chi connectivity index (χ1n) is 13.4. The van der Waals surface area contributed by atoms with E-state index in [-0.39, 0.29) is 11.3 Å². The molecule has 5 nitrogen and oxygen atoms in total. The molecular weight excluding hydrogens is 590 g/mol. The van der Waals surface area contributed by atoms with Crippen LogP contribution in [0.4, 0.5) is 0 Å². The zero-order valence-corrected chi connectivity index (χ0v) is 24.9. The fourth-order valence-electron chi connectivity index (χ4n) is 6.23. The van der Waals surface area contributed by atoms with Crippen LogP contribution >= 0.6 is 46.4 Å². The lowest BCUT2D eigenvalue weighted by Crippen LogP contribution is -2.48. The third-order valence-corrected chi connectivity index (χ3v) is 10.1. The summed E-state index contributed by atoms with van der Waals surface area (Å²) < 4.78 is 0. The fourth-order valence-corrected chi connectivity index (χ4v) is 7.09. The lowest BCUT2D eigenvalue weighted by molar-refractivity contribution is -0.146. The van der Waals surface area contributed by atoms with Gasteiger partial charge >= 0.3 is 5.97 Å². The molecule has 1 amide bonds. The highest BCUT2D eigenvalue weighted by molar-refractivity contribution is 6.42. The topological polar surface area (TPSA) is 60.9 Å². The molecule has 3 aromatic carbocycles. The summed E-state index contributed by atoms with van der Waals surface area (Å²) in [6.07, 6.45) is 2.61. The van der Waals surface area contributed by atoms with Gasteiger partial charge in [-0.3, -0.25) is 9.59 Å². The number of hydrogen-bond acceptors (Lipinski definition) is 3. The summed E-state index contributed by atoms with van der Waals surface area (Å²) in [6.45, 7) is 3.16. The van der Waals surface area contributed by atoms with Gasteiger partial charge in [0, 0.05) is 18.5 Å². The molecule has 5 rings (SSSR count). The molecule has 0 aromatic heterocycles. The van der Waals surface area contributed by atoms with Gasteiger partial charge in [-0.05, 0) is 80.7 Å². The van der Waals surface area contributed by atoms with E-state index in [4.69, 9.17) is 46.4 Å². The first kappa shape index (κ1) is 29.2. The summed E-state index contributed by atoms with van der Waals surface area (Å²) >= 11 is 25.4. The molecule has 2 fully saturated rings. The minimum Gasteiger partial charge on any atom is -0.481 e. The number of hydrogen-bond donors (Lipinski definition) is 1. The number of benzene rings is 3. The van der Waals surface area contributed by atoms with Crippen LogP contribution in [0.2, 0.25) is 20.1 Å². The van der Waals surface area contributed by atoms with Gasteiger partial charge in [-0.25, -0.2) is 0 Å². The Balaban J connectivity index is 1.35. The molecule has 40 heavy (non-hydrogen) atoms. The maximum atomic E-state index is 13.5. The Morgan fingerprint density at radius 2 is 1.43 bits per heavy atom. The smallest absolute Gasteiger partial charge is 0.314 e. The van der Waals surface area contributed by atoms with Gasteiger partial charge in [0.05, 0.1) is 31.1 Å². The number of halogens is 4. The van der Waals surface area contributed by atoms with Gasteiger partial charge in [-0.2, -0.15) is 0 Å². The largest absolute Gasteiger partial charge is 0.481 e. The summed E-state index contributed by atoms with van der Waals surface area (Å²) in [6, 6.07) is 20.3. The van der Waals surface area contributed by atoms with Crippen LogP contribution in [0.3, 0.4) is 0 Å². The average Bonchev–Trinajstić information content (AvgIpc) is 3.39. The van der Waals surface area contributed by atoms with Crippen LogP contribution in [0.5, 0.6) is 0 Å². The molecule has 2 aliphatic rings. The molecule has 0 bridgehead atoms. The summed E-state index contributed by atoms with van der Waals surface area (Å²) in [4.78, 5) is 30.1. The Hall–Kier alpha value is -2.28. The zero-order valence-electron chi connectivity index (χ0n) is 21.9. The predicted octanol–water partition coefficient (Wildman–Crippen LogP) is 7.59. The highest BCUT2D eigenvalue weighted by Gasteiger charge is 2.45. The summed E-state index contributed by atoms with van der Waals surface area (Å²) in [5.74, 6) is -0.960. The van der Waals surface area contributed by atoms with Gasteiger partial charge in [-0.15, -0.1) is 0 Å². The molecule has 1 N–H and O–H groups in total. The van der Waals surface area contributed by atoms with E-state index in [0.717, 1.165) is 30.5 Å². The lowest BCUT2D eigenvalue weighted by atomic mass is 9.72. The van der Waals surface area contributed by atoms with Crippen LogP contribution in [-0.4, -0.2) is 59.5 Å². The van der Waals surface area contributed by atoms with E-state index in [1.54, 1.807) is 24.3 Å². The van der Waals surface area contributed by atoms with Crippen LogP contribution in [0, 0.1) is 0 Å². The van der Waals surface area contributed by atoms with E-state index >= 15 is 0 Å². The number of piperidine rings is 1. The third kappa shape index (κ3) is 5.60. The first-order valence-corrected chi connectivity index (χ1v) is 14.9. The molecule has 3 aromatic rings. The average molecular weight is 620 g/mol. The second kappa shape index (κ2) is 11.9. The second-order valence-corrected chi connectivity index (χ2v) is 12.5. The number of amides is 1. The van der Waals surface area contributed by atoms with Gasteiger partial charge in [0.1, 0.15) is 0 Å². The van der Waals surface area contributed by atoms with Crippen molar-refractivity contribution in [3.8, 4) is 0 Å². The number of carbonyl (C=O) groups is 2. The highest BCUT2D eigenvalue weighted by atomic mass is 35.5. The second-order valence-electron chi connectivity index (χ2n) is 10.8. The molecule has 1 unspecified atom stereocenters. The van der Waals surface area contributed by atoms with Gasteiger partial charge in [0.25, 0.3) is 5.91 Å². The monoisotopic (exact) mass is 618 g/mol. The van der Waals surface area contributed by atoms with E-state index < -0.39 is 11.4 Å². The van der Waals surface area contributed by atoms with Crippen molar-refractivity contribution < 1.29 is 14.7 Å². The van der Waals surface area contributed by atoms with E-state index in [0.29, 0.717) is 64.7 Å². The summed E-state index contributed by atoms with van der Waals surface area (Å²) in [5.41, 5.74) is 0.987. The number of carboxylic acid groups (broad SMARTS) is 1. The maximum Gasteiger partial charge on any atom is 0.314 e. The van der Waals surface area contributed by atoms with E-state index in [2.05, 4.69) is 4.90 Å². The Morgan fingerprint density at radius 3 is 2.05 bits per heavy atom. The van der Waals surface area contributed by atoms with Crippen molar-refractivity contribution in [1.29, 1.82) is 0 Å². The molecule has 2 heterocycles. The quantitative estimate of drug-likeness (QED) is 0.296. The Kier molecular flexibility index (Phi) is 8.70. The fraction of sp³-hybridized carbons (Fsp3) is 0.355. The van der Waals surface area contributed by atoms with Gasteiger partial charge < -0.3 is 14.9 Å². The number of carbonyl (C=O) groups excluding carboxylic acids is 1. The van der Waals surface area contributed by atoms with Crippen LogP contribution in [0.25, 0.3) is 0 Å². The van der Waals surface area contributed by atoms with Crippen molar-refractivity contribution in [3.63, 3.8) is 0 Å². The van der Waals surface area contributed by atoms with E-state index in [1.807, 2.05) is 47.4 Å². The molecule has 0 saturated carbocycles. The number of nitrogens with zero attached hydrogens (tertiary/aromatic N) is 2. The van der Waals surface area contributed by atoms with Crippen LogP contribution in [-0.2, 0) is 15.6 Å². The van der Waals surface area contributed by atoms with Gasteiger partial charge in [0.15, 0.2) is 0 Å². The standard InChI is InChI=1S/C31H30Cl4N2O3/c32-23-10-9-22(19-26(23)35)30(12-18-37(20-30)28(38)27-24(33)7-4-8-25(27)34)11-15-36-16-13-31(14-17-36,29(39)40)21-5-2-1-3-6-21/h1-10,19H,11-18,20H2,(H,39,40). The van der Waals surface area contributed by atoms with E-state index in [1.165, 1.54) is 0 Å². The summed E-state index contributed by atoms with van der Waals surface area (Å²) in [7, 11) is 0. The van der Waals surface area contributed by atoms with Crippen molar-refractivity contribution in [3.05, 3.63) is 104 Å². The van der Waals surface area contributed by atoms with Crippen LogP contribution < -0.4 is 0 Å². The third-order valence-electron chi connectivity index (χ3n) is 8.70. The van der Waals surface area contributed by atoms with Crippen LogP contribution in [0.1, 0.15) is 47.2 Å². The van der Waals surface area contributed by atoms with Crippen molar-refractivity contribution in [2.75, 3.05) is 32.7 Å². The SMILES string of the molecule is O=C(c1c(Cl)cccc1Cl)N1CCC(CCN2CCC(C(=O)O)(c3ccccc3)CC2)(c2ccc(Cl)c(Cl)c2)C1. The molecule has 0 spiro atoms. The molecule has 2 saturated heterocycles. The number of rotatable bonds is 7. The van der Waals surface area contributed by atoms with Gasteiger partial charge in [-0.1, -0.05) is 88.9 Å². The molecule has 2 aliphatic heterocycles. The lowest BCUT2D eigenvalue weighted by Gasteiger charge is -2.40. The Morgan fingerprint density at radius 1 is 0.750 bits per heavy atom. The number of carboxylic acids is 1. The molecular formula is C31H30Cl4N2O3. The van der Waals surface area contributed by atoms with Crippen molar-refractivity contribution in [2.45, 2.75) is 36.5 Å². The highest BCUT2D eigenvalue weighted by Crippen LogP contribution is 2.42. The first-order chi connectivity index (χ1) is 19.1. The predicted molar refractivity (Wildman–Crippen MR) is 161 cm³/mol. The van der Waals surface area contributed by atoms with E-state index in [9.17, 15) is 14.7 Å². The van der Waals surface area contributed by atoms with Crippen molar-refractivity contribution in [2.24, 2.45) is 0 Å². The van der Waals surface area contributed by atoms with Crippen LogP contribution in [0.15, 0.2) is 66.7 Å². The Labute approximate surface area is 254 Å². The molecule has 9 heteroatoms. The minimum absolute atomic E-state index is 0.190. The molecule has 0 radical (unpaired) electrons. The summed E-state index contributed by atoms with van der Waals surface area (Å²) in [5, 5.41) is 11.8. The molecule has 0 aliphatic carbocycles. The van der Waals surface area contributed by atoms with Crippen molar-refractivity contribution >= 4 is 58.3 Å². The number of likely N-dealkylation sites (tertiary alicyclic amines) is 2. The Bertz CT molecular complexity index is 1390. The van der Waals surface area contributed by atoms with Gasteiger partial charge in [0.2, 0.25) is 0 Å². The number of aliphatic carboxylic acids is 1. The zero-order chi connectivity index (χ0) is 28.5. The minimum atomic E-state index is -0.871. The maximum absolute atomic E-state index is 13.5.